The molecule has 0 bridgehead atoms. The first-order valence-corrected chi connectivity index (χ1v) is 12.1. The van der Waals surface area contributed by atoms with Gasteiger partial charge in [0, 0.05) is 29.6 Å². The third-order valence-corrected chi connectivity index (χ3v) is 6.26. The van der Waals surface area contributed by atoms with E-state index in [-0.39, 0.29) is 37.1 Å². The predicted molar refractivity (Wildman–Crippen MR) is 132 cm³/mol. The number of aromatic amines is 1. The molecule has 1 aliphatic rings. The minimum atomic E-state index is -0.436. The average Bonchev–Trinajstić information content (AvgIpc) is 3.24. The summed E-state index contributed by atoms with van der Waals surface area (Å²) in [6.45, 7) is 3.89. The van der Waals surface area contributed by atoms with E-state index in [2.05, 4.69) is 20.3 Å². The highest BCUT2D eigenvalue weighted by Gasteiger charge is 2.29. The molecule has 0 atom stereocenters. The third-order valence-electron chi connectivity index (χ3n) is 6.26. The van der Waals surface area contributed by atoms with Crippen molar-refractivity contribution in [2.45, 2.75) is 51.6 Å². The van der Waals surface area contributed by atoms with Crippen molar-refractivity contribution in [2.75, 3.05) is 13.2 Å². The Bertz CT molecular complexity index is 1340. The maximum Gasteiger partial charge on any atom is 0.280 e. The van der Waals surface area contributed by atoms with E-state index >= 15 is 0 Å². The van der Waals surface area contributed by atoms with Crippen molar-refractivity contribution in [3.05, 3.63) is 53.3 Å². The van der Waals surface area contributed by atoms with Crippen LogP contribution in [0.2, 0.25) is 0 Å². The Labute approximate surface area is 208 Å². The molecule has 3 aromatic rings. The Kier molecular flexibility index (Phi) is 7.80. The Balaban J connectivity index is 1.70. The van der Waals surface area contributed by atoms with E-state index in [0.29, 0.717) is 28.1 Å². The summed E-state index contributed by atoms with van der Waals surface area (Å²) in [5.41, 5.74) is 2.69. The van der Waals surface area contributed by atoms with E-state index in [0.717, 1.165) is 31.2 Å². The number of hydrogen-bond acceptors (Lipinski definition) is 6. The third kappa shape index (κ3) is 5.63. The first-order chi connectivity index (χ1) is 17.4. The van der Waals surface area contributed by atoms with Crippen molar-refractivity contribution in [2.24, 2.45) is 10.9 Å². The standard InChI is InChI=1S/C26H30N6O4/c1-16(2)29-24(34)19-7-9-20(10-8-19)32-22-13-23(36-12-11-33)28-15-21(22)30-26(32)31-25(35)18-5-3-17(14-27)4-6-18/h3-6,13,15-16,19-20,33H,7-12H2,1-2H3,(H,29,34)(H,30,31,35)/t19-,20+. The smallest absolute Gasteiger partial charge is 0.280 e. The van der Waals surface area contributed by atoms with E-state index < -0.39 is 5.91 Å². The molecule has 2 aromatic heterocycles. The second-order valence-electron chi connectivity index (χ2n) is 9.21. The van der Waals surface area contributed by atoms with Gasteiger partial charge in [0.2, 0.25) is 17.4 Å². The zero-order valence-corrected chi connectivity index (χ0v) is 20.4. The van der Waals surface area contributed by atoms with Crippen molar-refractivity contribution in [3.63, 3.8) is 0 Å². The second-order valence-corrected chi connectivity index (χ2v) is 9.21. The molecule has 10 heteroatoms. The zero-order valence-electron chi connectivity index (χ0n) is 20.4. The molecule has 10 nitrogen and oxygen atoms in total. The quantitative estimate of drug-likeness (QED) is 0.464. The predicted octanol–water partition coefficient (Wildman–Crippen LogP) is 2.60. The van der Waals surface area contributed by atoms with E-state index in [1.165, 1.54) is 0 Å². The highest BCUT2D eigenvalue weighted by atomic mass is 16.5. The SMILES string of the molecule is CC(C)NC(=O)[C@H]1CC[C@@H](n2/c(=N/C(=O)c3ccc(C#N)cc3)[nH]c3cnc(OCCO)cc32)CC1. The largest absolute Gasteiger partial charge is 0.475 e. The number of H-pyrrole nitrogens is 1. The fourth-order valence-corrected chi connectivity index (χ4v) is 4.54. The highest BCUT2D eigenvalue weighted by molar-refractivity contribution is 5.95. The lowest BCUT2D eigenvalue weighted by molar-refractivity contribution is -0.126. The van der Waals surface area contributed by atoms with Gasteiger partial charge in [0.15, 0.2) is 0 Å². The van der Waals surface area contributed by atoms with Crippen LogP contribution in [-0.4, -0.2) is 50.7 Å². The maximum absolute atomic E-state index is 13.0. The van der Waals surface area contributed by atoms with Crippen LogP contribution < -0.4 is 15.7 Å². The Morgan fingerprint density at radius 2 is 2.00 bits per heavy atom. The number of nitriles is 1. The summed E-state index contributed by atoms with van der Waals surface area (Å²) in [4.78, 5) is 37.4. The number of rotatable bonds is 7. The summed E-state index contributed by atoms with van der Waals surface area (Å²) in [6.07, 6.45) is 4.56. The lowest BCUT2D eigenvalue weighted by Crippen LogP contribution is -2.38. The molecule has 2 amide bonds. The maximum atomic E-state index is 13.0. The van der Waals surface area contributed by atoms with Crippen LogP contribution >= 0.6 is 0 Å². The van der Waals surface area contributed by atoms with E-state index in [9.17, 15) is 9.59 Å². The second kappa shape index (κ2) is 11.2. The number of nitrogens with zero attached hydrogens (tertiary/aromatic N) is 4. The van der Waals surface area contributed by atoms with Gasteiger partial charge in [-0.2, -0.15) is 10.3 Å². The normalized spacial score (nSPS) is 18.2. The Hall–Kier alpha value is -3.97. The van der Waals surface area contributed by atoms with Crippen molar-refractivity contribution in [1.29, 1.82) is 5.26 Å². The van der Waals surface area contributed by atoms with Gasteiger partial charge in [-0.05, 0) is 63.8 Å². The fourth-order valence-electron chi connectivity index (χ4n) is 4.54. The van der Waals surface area contributed by atoms with Gasteiger partial charge in [-0.25, -0.2) is 4.98 Å². The van der Waals surface area contributed by atoms with Crippen LogP contribution in [0.15, 0.2) is 41.5 Å². The van der Waals surface area contributed by atoms with Gasteiger partial charge < -0.3 is 24.7 Å². The molecule has 0 saturated heterocycles. The summed E-state index contributed by atoms with van der Waals surface area (Å²) in [7, 11) is 0. The van der Waals surface area contributed by atoms with Crippen molar-refractivity contribution in [1.82, 2.24) is 19.9 Å². The number of aliphatic hydroxyl groups excluding tert-OH is 1. The van der Waals surface area contributed by atoms with E-state index in [1.54, 1.807) is 36.5 Å². The summed E-state index contributed by atoms with van der Waals surface area (Å²) in [5.74, 6) is -0.0359. The highest BCUT2D eigenvalue weighted by Crippen LogP contribution is 2.33. The van der Waals surface area contributed by atoms with Gasteiger partial charge >= 0.3 is 0 Å². The molecular weight excluding hydrogens is 460 g/mol. The molecule has 0 unspecified atom stereocenters. The van der Waals surface area contributed by atoms with Gasteiger partial charge in [0.1, 0.15) is 6.61 Å². The fraction of sp³-hybridized carbons (Fsp3) is 0.423. The van der Waals surface area contributed by atoms with Crippen molar-refractivity contribution in [3.8, 4) is 11.9 Å². The van der Waals surface area contributed by atoms with Crippen LogP contribution in [0.5, 0.6) is 5.88 Å². The van der Waals surface area contributed by atoms with Gasteiger partial charge in [0.05, 0.1) is 35.5 Å². The van der Waals surface area contributed by atoms with E-state index in [1.807, 2.05) is 24.5 Å². The number of carbonyl (C=O) groups excluding carboxylic acids is 2. The molecule has 0 spiro atoms. The first-order valence-electron chi connectivity index (χ1n) is 12.1. The number of hydrogen-bond donors (Lipinski definition) is 3. The molecular formula is C26H30N6O4. The lowest BCUT2D eigenvalue weighted by atomic mass is 9.85. The molecule has 3 N–H and O–H groups in total. The first kappa shape index (κ1) is 25.1. The van der Waals surface area contributed by atoms with Gasteiger partial charge in [-0.15, -0.1) is 0 Å². The Morgan fingerprint density at radius 3 is 2.64 bits per heavy atom. The number of benzene rings is 1. The van der Waals surface area contributed by atoms with Crippen LogP contribution in [0, 0.1) is 17.2 Å². The number of pyridine rings is 1. The topological polar surface area (TPSA) is 145 Å². The molecule has 36 heavy (non-hydrogen) atoms. The number of carbonyl (C=O) groups is 2. The molecule has 0 aliphatic heterocycles. The molecule has 4 rings (SSSR count). The number of nitrogens with one attached hydrogen (secondary N) is 2. The lowest BCUT2D eigenvalue weighted by Gasteiger charge is -2.29. The summed E-state index contributed by atoms with van der Waals surface area (Å²) < 4.78 is 7.49. The van der Waals surface area contributed by atoms with Gasteiger partial charge in [0.25, 0.3) is 5.91 Å². The number of amides is 2. The monoisotopic (exact) mass is 490 g/mol. The minimum absolute atomic E-state index is 0.0162. The number of aliphatic hydroxyl groups is 1. The molecule has 1 saturated carbocycles. The number of fused-ring (bicyclic) bond motifs is 1. The average molecular weight is 491 g/mol. The van der Waals surface area contributed by atoms with Crippen LogP contribution in [0.4, 0.5) is 0 Å². The van der Waals surface area contributed by atoms with Gasteiger partial charge in [-0.1, -0.05) is 0 Å². The van der Waals surface area contributed by atoms with E-state index in [4.69, 9.17) is 15.1 Å². The van der Waals surface area contributed by atoms with Crippen LogP contribution in [0.1, 0.15) is 61.5 Å². The summed E-state index contributed by atoms with van der Waals surface area (Å²) in [5, 5.41) is 21.1. The number of imidazole rings is 1. The number of aromatic nitrogens is 3. The van der Waals surface area contributed by atoms with Crippen molar-refractivity contribution < 1.29 is 19.4 Å². The number of ether oxygens (including phenoxy) is 1. The molecule has 188 valence electrons. The van der Waals surface area contributed by atoms with Crippen LogP contribution in [-0.2, 0) is 4.79 Å². The van der Waals surface area contributed by atoms with Crippen LogP contribution in [0.25, 0.3) is 11.0 Å². The molecule has 0 radical (unpaired) electrons. The molecule has 2 heterocycles. The molecule has 1 aliphatic carbocycles. The molecule has 1 aromatic carbocycles. The van der Waals surface area contributed by atoms with Crippen molar-refractivity contribution >= 4 is 22.8 Å². The van der Waals surface area contributed by atoms with Gasteiger partial charge in [-0.3, -0.25) is 9.59 Å². The zero-order chi connectivity index (χ0) is 25.7. The minimum Gasteiger partial charge on any atom is -0.475 e. The van der Waals surface area contributed by atoms with Crippen LogP contribution in [0.3, 0.4) is 0 Å². The summed E-state index contributed by atoms with van der Waals surface area (Å²) in [6, 6.07) is 10.3. The Morgan fingerprint density at radius 1 is 1.28 bits per heavy atom. The summed E-state index contributed by atoms with van der Waals surface area (Å²) >= 11 is 0. The molecule has 1 fully saturated rings.